The van der Waals surface area contributed by atoms with Gasteiger partial charge in [-0.1, -0.05) is 23.7 Å². The molecule has 0 aliphatic carbocycles. The minimum Gasteiger partial charge on any atom is -0.293 e. The number of thioether (sulfide) groups is 1. The highest BCUT2D eigenvalue weighted by atomic mass is 35.5. The molecule has 0 saturated heterocycles. The standard InChI is InChI=1S/C8H8ClNS/c1-11-8(10)6-2-4-7(9)5-3-6/h2-5,10H,1H3. The van der Waals surface area contributed by atoms with E-state index in [4.69, 9.17) is 17.0 Å². The maximum absolute atomic E-state index is 7.47. The predicted octanol–water partition coefficient (Wildman–Crippen LogP) is 3.03. The van der Waals surface area contributed by atoms with Crippen LogP contribution in [0.1, 0.15) is 5.56 Å². The van der Waals surface area contributed by atoms with E-state index in [0.717, 1.165) is 5.56 Å². The van der Waals surface area contributed by atoms with Gasteiger partial charge in [-0.25, -0.2) is 0 Å². The molecule has 0 heterocycles. The Bertz CT molecular complexity index is 255. The Morgan fingerprint density at radius 3 is 2.36 bits per heavy atom. The summed E-state index contributed by atoms with van der Waals surface area (Å²) in [6.45, 7) is 0. The molecule has 0 aromatic heterocycles. The van der Waals surface area contributed by atoms with Crippen molar-refractivity contribution in [1.29, 1.82) is 5.41 Å². The largest absolute Gasteiger partial charge is 0.293 e. The van der Waals surface area contributed by atoms with Gasteiger partial charge in [0, 0.05) is 10.6 Å². The highest BCUT2D eigenvalue weighted by Crippen LogP contribution is 2.13. The van der Waals surface area contributed by atoms with Gasteiger partial charge in [0.2, 0.25) is 0 Å². The smallest absolute Gasteiger partial charge is 0.0939 e. The third kappa shape index (κ3) is 2.24. The van der Waals surface area contributed by atoms with Gasteiger partial charge in [-0.2, -0.15) is 0 Å². The van der Waals surface area contributed by atoms with Crippen LogP contribution in [0.3, 0.4) is 0 Å². The van der Waals surface area contributed by atoms with Crippen LogP contribution in [0.5, 0.6) is 0 Å². The van der Waals surface area contributed by atoms with Gasteiger partial charge >= 0.3 is 0 Å². The molecule has 11 heavy (non-hydrogen) atoms. The van der Waals surface area contributed by atoms with Crippen molar-refractivity contribution in [1.82, 2.24) is 0 Å². The Kier molecular flexibility index (Phi) is 2.97. The second-order valence-electron chi connectivity index (χ2n) is 2.04. The summed E-state index contributed by atoms with van der Waals surface area (Å²) in [5.74, 6) is 0. The van der Waals surface area contributed by atoms with Gasteiger partial charge in [-0.15, -0.1) is 11.8 Å². The average Bonchev–Trinajstić information content (AvgIpc) is 2.05. The fraction of sp³-hybridized carbons (Fsp3) is 0.125. The van der Waals surface area contributed by atoms with Gasteiger partial charge in [0.15, 0.2) is 0 Å². The van der Waals surface area contributed by atoms with Crippen LogP contribution in [0.4, 0.5) is 0 Å². The lowest BCUT2D eigenvalue weighted by molar-refractivity contribution is 1.53. The van der Waals surface area contributed by atoms with E-state index in [2.05, 4.69) is 0 Å². The molecular formula is C8H8ClNS. The van der Waals surface area contributed by atoms with E-state index in [1.807, 2.05) is 18.4 Å². The fourth-order valence-corrected chi connectivity index (χ4v) is 1.22. The molecule has 0 spiro atoms. The first-order valence-corrected chi connectivity index (χ1v) is 4.73. The van der Waals surface area contributed by atoms with E-state index < -0.39 is 0 Å². The second kappa shape index (κ2) is 3.79. The summed E-state index contributed by atoms with van der Waals surface area (Å²) in [6, 6.07) is 7.28. The lowest BCUT2D eigenvalue weighted by Gasteiger charge is -1.98. The Morgan fingerprint density at radius 2 is 1.91 bits per heavy atom. The third-order valence-corrected chi connectivity index (χ3v) is 2.21. The monoisotopic (exact) mass is 185 g/mol. The van der Waals surface area contributed by atoms with Crippen molar-refractivity contribution in [3.8, 4) is 0 Å². The van der Waals surface area contributed by atoms with Crippen molar-refractivity contribution in [3.05, 3.63) is 34.9 Å². The zero-order valence-electron chi connectivity index (χ0n) is 6.10. The zero-order chi connectivity index (χ0) is 8.27. The summed E-state index contributed by atoms with van der Waals surface area (Å²) >= 11 is 7.11. The molecule has 0 bridgehead atoms. The van der Waals surface area contributed by atoms with Crippen molar-refractivity contribution in [2.24, 2.45) is 0 Å². The lowest BCUT2D eigenvalue weighted by Crippen LogP contribution is -1.90. The lowest BCUT2D eigenvalue weighted by atomic mass is 10.2. The molecule has 3 heteroatoms. The molecule has 0 saturated carbocycles. The quantitative estimate of drug-likeness (QED) is 0.528. The van der Waals surface area contributed by atoms with Crippen LogP contribution in [0.25, 0.3) is 0 Å². The molecule has 0 fully saturated rings. The van der Waals surface area contributed by atoms with Gasteiger partial charge in [0.05, 0.1) is 5.04 Å². The summed E-state index contributed by atoms with van der Waals surface area (Å²) in [4.78, 5) is 0. The van der Waals surface area contributed by atoms with Crippen molar-refractivity contribution in [2.75, 3.05) is 6.26 Å². The molecule has 1 rings (SSSR count). The van der Waals surface area contributed by atoms with Gasteiger partial charge in [0.1, 0.15) is 0 Å². The topological polar surface area (TPSA) is 23.9 Å². The van der Waals surface area contributed by atoms with Gasteiger partial charge in [-0.3, -0.25) is 5.41 Å². The third-order valence-electron chi connectivity index (χ3n) is 1.31. The number of rotatable bonds is 1. The Labute approximate surface area is 75.3 Å². The first-order valence-electron chi connectivity index (χ1n) is 3.12. The predicted molar refractivity (Wildman–Crippen MR) is 51.8 cm³/mol. The number of hydrogen-bond acceptors (Lipinski definition) is 2. The number of hydrogen-bond donors (Lipinski definition) is 1. The van der Waals surface area contributed by atoms with Crippen molar-refractivity contribution < 1.29 is 0 Å². The van der Waals surface area contributed by atoms with E-state index in [0.29, 0.717) is 10.1 Å². The normalized spacial score (nSPS) is 9.64. The van der Waals surface area contributed by atoms with Gasteiger partial charge < -0.3 is 0 Å². The summed E-state index contributed by atoms with van der Waals surface area (Å²) < 4.78 is 0. The molecule has 0 amide bonds. The first kappa shape index (κ1) is 8.62. The van der Waals surface area contributed by atoms with Crippen LogP contribution in [0.15, 0.2) is 24.3 Å². The molecule has 0 aliphatic heterocycles. The molecular weight excluding hydrogens is 178 g/mol. The highest BCUT2D eigenvalue weighted by Gasteiger charge is 1.97. The van der Waals surface area contributed by atoms with Crippen LogP contribution >= 0.6 is 23.4 Å². The zero-order valence-corrected chi connectivity index (χ0v) is 7.67. The molecule has 1 aromatic rings. The maximum atomic E-state index is 7.47. The second-order valence-corrected chi connectivity index (χ2v) is 3.29. The average molecular weight is 186 g/mol. The SMILES string of the molecule is CSC(=N)c1ccc(Cl)cc1. The molecule has 58 valence electrons. The van der Waals surface area contributed by atoms with E-state index in [9.17, 15) is 0 Å². The maximum Gasteiger partial charge on any atom is 0.0939 e. The van der Waals surface area contributed by atoms with E-state index in [1.54, 1.807) is 12.1 Å². The summed E-state index contributed by atoms with van der Waals surface area (Å²) in [5, 5.41) is 8.75. The minimum atomic E-state index is 0.571. The molecule has 1 nitrogen and oxygen atoms in total. The molecule has 1 aromatic carbocycles. The summed E-state index contributed by atoms with van der Waals surface area (Å²) in [7, 11) is 0. The van der Waals surface area contributed by atoms with Gasteiger partial charge in [-0.05, 0) is 18.4 Å². The molecule has 0 radical (unpaired) electrons. The van der Waals surface area contributed by atoms with Crippen molar-refractivity contribution in [2.45, 2.75) is 0 Å². The molecule has 0 atom stereocenters. The van der Waals surface area contributed by atoms with E-state index >= 15 is 0 Å². The fourth-order valence-electron chi connectivity index (χ4n) is 0.719. The first-order chi connectivity index (χ1) is 5.24. The van der Waals surface area contributed by atoms with Crippen molar-refractivity contribution in [3.63, 3.8) is 0 Å². The van der Waals surface area contributed by atoms with E-state index in [1.165, 1.54) is 11.8 Å². The number of benzene rings is 1. The molecule has 0 aliphatic rings. The molecule has 1 N–H and O–H groups in total. The number of halogens is 1. The number of nitrogens with one attached hydrogen (secondary N) is 1. The van der Waals surface area contributed by atoms with Crippen LogP contribution in [0.2, 0.25) is 5.02 Å². The summed E-state index contributed by atoms with van der Waals surface area (Å²) in [6.07, 6.45) is 1.89. The van der Waals surface area contributed by atoms with Crippen LogP contribution in [-0.2, 0) is 0 Å². The Morgan fingerprint density at radius 1 is 1.36 bits per heavy atom. The van der Waals surface area contributed by atoms with Gasteiger partial charge in [0.25, 0.3) is 0 Å². The van der Waals surface area contributed by atoms with Crippen molar-refractivity contribution >= 4 is 28.4 Å². The summed E-state index contributed by atoms with van der Waals surface area (Å²) in [5.41, 5.74) is 0.918. The highest BCUT2D eigenvalue weighted by molar-refractivity contribution is 8.13. The Balaban J connectivity index is 2.90. The molecule has 0 unspecified atom stereocenters. The Hall–Kier alpha value is -0.470. The minimum absolute atomic E-state index is 0.571. The van der Waals surface area contributed by atoms with Crippen LogP contribution in [-0.4, -0.2) is 11.3 Å². The van der Waals surface area contributed by atoms with Crippen LogP contribution < -0.4 is 0 Å². The van der Waals surface area contributed by atoms with E-state index in [-0.39, 0.29) is 0 Å². The van der Waals surface area contributed by atoms with Crippen LogP contribution in [0, 0.1) is 5.41 Å².